The largest absolute Gasteiger partial charge is 0.448 e. The van der Waals surface area contributed by atoms with Crippen LogP contribution in [0.2, 0.25) is 0 Å². The lowest BCUT2D eigenvalue weighted by Crippen LogP contribution is -2.59. The van der Waals surface area contributed by atoms with Crippen molar-refractivity contribution in [3.63, 3.8) is 0 Å². The molecule has 0 radical (unpaired) electrons. The van der Waals surface area contributed by atoms with Crippen LogP contribution in [0.1, 0.15) is 33.6 Å². The van der Waals surface area contributed by atoms with Crippen molar-refractivity contribution in [2.45, 2.75) is 39.2 Å². The van der Waals surface area contributed by atoms with Gasteiger partial charge in [-0.25, -0.2) is 4.98 Å². The number of rotatable bonds is 2. The molecule has 1 aliphatic carbocycles. The summed E-state index contributed by atoms with van der Waals surface area (Å²) in [5, 5.41) is 0. The molecule has 3 fully saturated rings. The second kappa shape index (κ2) is 5.19. The number of nitrogens with zero attached hydrogens (tertiary/aromatic N) is 3. The van der Waals surface area contributed by atoms with Crippen LogP contribution in [0.15, 0.2) is 24.4 Å². The van der Waals surface area contributed by atoms with Crippen LogP contribution in [0.5, 0.6) is 0 Å². The highest BCUT2D eigenvalue weighted by molar-refractivity contribution is 5.96. The van der Waals surface area contributed by atoms with Gasteiger partial charge in [-0.1, -0.05) is 19.9 Å². The first-order chi connectivity index (χ1) is 11.8. The van der Waals surface area contributed by atoms with E-state index in [2.05, 4.69) is 9.88 Å². The molecular formula is C19H25N3O3. The van der Waals surface area contributed by atoms with Crippen LogP contribution in [-0.2, 0) is 14.3 Å². The number of pyridine rings is 1. The van der Waals surface area contributed by atoms with E-state index >= 15 is 0 Å². The number of carbonyl (C=O) groups excluding carboxylic acids is 2. The Kier molecular flexibility index (Phi) is 3.40. The Morgan fingerprint density at radius 1 is 1.12 bits per heavy atom. The summed E-state index contributed by atoms with van der Waals surface area (Å²) in [6.07, 6.45) is 3.13. The van der Waals surface area contributed by atoms with E-state index in [9.17, 15) is 9.59 Å². The van der Waals surface area contributed by atoms with E-state index in [0.717, 1.165) is 25.3 Å². The monoisotopic (exact) mass is 343 g/mol. The topological polar surface area (TPSA) is 62.7 Å². The number of carbonyl (C=O) groups is 2. The van der Waals surface area contributed by atoms with E-state index < -0.39 is 16.4 Å². The Bertz CT molecular complexity index is 712. The number of piperazine rings is 1. The number of fused-ring (bicyclic) bond motifs is 2. The Morgan fingerprint density at radius 3 is 2.36 bits per heavy atom. The third-order valence-corrected chi connectivity index (χ3v) is 6.97. The van der Waals surface area contributed by atoms with Crippen molar-refractivity contribution in [3.05, 3.63) is 24.4 Å². The van der Waals surface area contributed by atoms with Crippen LogP contribution in [0, 0.1) is 10.8 Å². The fraction of sp³-hybridized carbons (Fsp3) is 0.632. The van der Waals surface area contributed by atoms with Crippen molar-refractivity contribution in [2.24, 2.45) is 10.8 Å². The van der Waals surface area contributed by atoms with Gasteiger partial charge in [0.25, 0.3) is 5.91 Å². The number of esters is 1. The lowest BCUT2D eigenvalue weighted by atomic mass is 9.66. The molecule has 2 atom stereocenters. The quantitative estimate of drug-likeness (QED) is 0.767. The standard InChI is InChI=1S/C19H25N3O3/c1-17(2)18(3)7-8-19(17,25-16(18)24)15(23)22-12-10-21(11-13-22)14-6-4-5-9-20-14/h4-6,9H,7-8,10-13H2,1-3H3/t18-,19+/m1/s1. The molecular weight excluding hydrogens is 318 g/mol. The minimum absolute atomic E-state index is 0.0206. The summed E-state index contributed by atoms with van der Waals surface area (Å²) >= 11 is 0. The molecule has 4 rings (SSSR count). The summed E-state index contributed by atoms with van der Waals surface area (Å²) in [7, 11) is 0. The van der Waals surface area contributed by atoms with Crippen LogP contribution in [-0.4, -0.2) is 53.5 Å². The van der Waals surface area contributed by atoms with Crippen LogP contribution in [0.4, 0.5) is 5.82 Å². The molecule has 0 unspecified atom stereocenters. The first kappa shape index (κ1) is 16.4. The smallest absolute Gasteiger partial charge is 0.313 e. The Hall–Kier alpha value is -2.11. The number of hydrogen-bond donors (Lipinski definition) is 0. The molecule has 0 N–H and O–H groups in total. The van der Waals surface area contributed by atoms with Gasteiger partial charge in [-0.05, 0) is 31.9 Å². The third kappa shape index (κ3) is 1.99. The molecule has 134 valence electrons. The molecule has 3 heterocycles. The molecule has 25 heavy (non-hydrogen) atoms. The Morgan fingerprint density at radius 2 is 1.84 bits per heavy atom. The van der Waals surface area contributed by atoms with Gasteiger partial charge in [-0.2, -0.15) is 0 Å². The molecule has 0 spiro atoms. The summed E-state index contributed by atoms with van der Waals surface area (Å²) in [4.78, 5) is 34.2. The molecule has 2 saturated heterocycles. The molecule has 0 aromatic carbocycles. The third-order valence-electron chi connectivity index (χ3n) is 6.97. The predicted octanol–water partition coefficient (Wildman–Crippen LogP) is 1.85. The van der Waals surface area contributed by atoms with Gasteiger partial charge in [-0.15, -0.1) is 0 Å². The van der Waals surface area contributed by atoms with Crippen LogP contribution in [0.3, 0.4) is 0 Å². The molecule has 6 heteroatoms. The molecule has 1 aromatic heterocycles. The fourth-order valence-electron chi connectivity index (χ4n) is 4.66. The van der Waals surface area contributed by atoms with Crippen LogP contribution >= 0.6 is 0 Å². The van der Waals surface area contributed by atoms with Crippen molar-refractivity contribution in [1.82, 2.24) is 9.88 Å². The fourth-order valence-corrected chi connectivity index (χ4v) is 4.66. The second-order valence-electron chi connectivity index (χ2n) is 8.14. The van der Waals surface area contributed by atoms with Gasteiger partial charge in [-0.3, -0.25) is 9.59 Å². The Labute approximate surface area is 148 Å². The van der Waals surface area contributed by atoms with Gasteiger partial charge in [0.05, 0.1) is 5.41 Å². The lowest BCUT2D eigenvalue weighted by Gasteiger charge is -2.42. The SMILES string of the molecule is CC1(C)[C@@]2(C(=O)N3CCN(c4ccccn4)CC3)CC[C@]1(C)C(=O)O2. The zero-order valence-electron chi connectivity index (χ0n) is 15.1. The molecule has 2 aliphatic heterocycles. The van der Waals surface area contributed by atoms with Crippen molar-refractivity contribution in [1.29, 1.82) is 0 Å². The predicted molar refractivity (Wildman–Crippen MR) is 93.0 cm³/mol. The van der Waals surface area contributed by atoms with Gasteiger partial charge in [0.15, 0.2) is 5.60 Å². The van der Waals surface area contributed by atoms with Crippen LogP contribution in [0.25, 0.3) is 0 Å². The first-order valence-corrected chi connectivity index (χ1v) is 9.01. The highest BCUT2D eigenvalue weighted by Crippen LogP contribution is 2.65. The molecule has 1 saturated carbocycles. The maximum atomic E-state index is 13.3. The van der Waals surface area contributed by atoms with E-state index in [1.807, 2.05) is 43.9 Å². The summed E-state index contributed by atoms with van der Waals surface area (Å²) in [5.74, 6) is 0.700. The number of anilines is 1. The summed E-state index contributed by atoms with van der Waals surface area (Å²) in [6.45, 7) is 8.69. The molecule has 2 bridgehead atoms. The van der Waals surface area contributed by atoms with E-state index in [0.29, 0.717) is 19.5 Å². The minimum atomic E-state index is -0.994. The van der Waals surface area contributed by atoms with Crippen molar-refractivity contribution < 1.29 is 14.3 Å². The van der Waals surface area contributed by atoms with Crippen LogP contribution < -0.4 is 4.90 Å². The highest BCUT2D eigenvalue weighted by atomic mass is 16.6. The average Bonchev–Trinajstić information content (AvgIpc) is 2.92. The van der Waals surface area contributed by atoms with E-state index in [1.54, 1.807) is 6.20 Å². The second-order valence-corrected chi connectivity index (χ2v) is 8.14. The number of ether oxygens (including phenoxy) is 1. The lowest BCUT2D eigenvalue weighted by molar-refractivity contribution is -0.174. The van der Waals surface area contributed by atoms with Gasteiger partial charge in [0, 0.05) is 37.8 Å². The zero-order chi connectivity index (χ0) is 17.9. The number of aromatic nitrogens is 1. The van der Waals surface area contributed by atoms with E-state index in [1.165, 1.54) is 0 Å². The summed E-state index contributed by atoms with van der Waals surface area (Å²) < 4.78 is 5.74. The zero-order valence-corrected chi connectivity index (χ0v) is 15.1. The average molecular weight is 343 g/mol. The number of hydrogen-bond acceptors (Lipinski definition) is 5. The van der Waals surface area contributed by atoms with E-state index in [-0.39, 0.29) is 11.9 Å². The normalized spacial score (nSPS) is 33.5. The van der Waals surface area contributed by atoms with E-state index in [4.69, 9.17) is 4.74 Å². The summed E-state index contributed by atoms with van der Waals surface area (Å²) in [5.41, 5.74) is -2.03. The highest BCUT2D eigenvalue weighted by Gasteiger charge is 2.76. The van der Waals surface area contributed by atoms with Gasteiger partial charge < -0.3 is 14.5 Å². The van der Waals surface area contributed by atoms with Gasteiger partial charge >= 0.3 is 5.97 Å². The molecule has 6 nitrogen and oxygen atoms in total. The minimum Gasteiger partial charge on any atom is -0.448 e. The molecule has 1 amide bonds. The van der Waals surface area contributed by atoms with Gasteiger partial charge in [0.1, 0.15) is 5.82 Å². The molecule has 1 aromatic rings. The Balaban J connectivity index is 1.51. The number of amides is 1. The van der Waals surface area contributed by atoms with Gasteiger partial charge in [0.2, 0.25) is 0 Å². The summed E-state index contributed by atoms with van der Waals surface area (Å²) in [6, 6.07) is 5.86. The van der Waals surface area contributed by atoms with Crippen molar-refractivity contribution in [3.8, 4) is 0 Å². The van der Waals surface area contributed by atoms with Crippen molar-refractivity contribution in [2.75, 3.05) is 31.1 Å². The molecule has 3 aliphatic rings. The first-order valence-electron chi connectivity index (χ1n) is 9.01. The van der Waals surface area contributed by atoms with Crippen molar-refractivity contribution >= 4 is 17.7 Å². The maximum absolute atomic E-state index is 13.3. The maximum Gasteiger partial charge on any atom is 0.313 e.